The third-order valence-corrected chi connectivity index (χ3v) is 5.21. The quantitative estimate of drug-likeness (QED) is 0.385. The average molecular weight is 417 g/mol. The SMILES string of the molecule is CCc1ccccc1NCc1cccc(C(=O)NCCc2nc3ccc(F)cc3[nH]2)c1. The molecule has 31 heavy (non-hydrogen) atoms. The van der Waals surface area contributed by atoms with Crippen molar-refractivity contribution in [2.75, 3.05) is 11.9 Å². The molecule has 5 nitrogen and oxygen atoms in total. The highest BCUT2D eigenvalue weighted by atomic mass is 19.1. The Bertz CT molecular complexity index is 1200. The van der Waals surface area contributed by atoms with Gasteiger partial charge < -0.3 is 15.6 Å². The summed E-state index contributed by atoms with van der Waals surface area (Å²) in [5.41, 5.74) is 5.42. The fourth-order valence-electron chi connectivity index (χ4n) is 3.57. The number of anilines is 1. The lowest BCUT2D eigenvalue weighted by molar-refractivity contribution is 0.0954. The van der Waals surface area contributed by atoms with Crippen LogP contribution >= 0.6 is 0 Å². The van der Waals surface area contributed by atoms with Gasteiger partial charge in [0.05, 0.1) is 11.0 Å². The number of hydrogen-bond donors (Lipinski definition) is 3. The van der Waals surface area contributed by atoms with E-state index < -0.39 is 0 Å². The van der Waals surface area contributed by atoms with E-state index in [1.807, 2.05) is 36.4 Å². The van der Waals surface area contributed by atoms with E-state index >= 15 is 0 Å². The van der Waals surface area contributed by atoms with Crippen molar-refractivity contribution in [1.82, 2.24) is 15.3 Å². The zero-order chi connectivity index (χ0) is 21.6. The van der Waals surface area contributed by atoms with Gasteiger partial charge in [0.15, 0.2) is 0 Å². The van der Waals surface area contributed by atoms with Gasteiger partial charge in [0, 0.05) is 30.8 Å². The highest BCUT2D eigenvalue weighted by Gasteiger charge is 2.08. The molecule has 0 fully saturated rings. The van der Waals surface area contributed by atoms with E-state index in [-0.39, 0.29) is 11.7 Å². The van der Waals surface area contributed by atoms with Crippen molar-refractivity contribution >= 4 is 22.6 Å². The van der Waals surface area contributed by atoms with Crippen LogP contribution in [0.1, 0.15) is 34.2 Å². The second-order valence-electron chi connectivity index (χ2n) is 7.42. The maximum atomic E-state index is 13.3. The lowest BCUT2D eigenvalue weighted by atomic mass is 10.1. The zero-order valence-corrected chi connectivity index (χ0v) is 17.4. The van der Waals surface area contributed by atoms with Gasteiger partial charge in [-0.2, -0.15) is 0 Å². The predicted octanol–water partition coefficient (Wildman–Crippen LogP) is 4.85. The van der Waals surface area contributed by atoms with Crippen molar-refractivity contribution in [2.45, 2.75) is 26.3 Å². The van der Waals surface area contributed by atoms with Crippen molar-refractivity contribution < 1.29 is 9.18 Å². The first kappa shape index (κ1) is 20.6. The number of para-hydroxylation sites is 1. The second kappa shape index (κ2) is 9.43. The molecule has 0 aliphatic carbocycles. The fourth-order valence-corrected chi connectivity index (χ4v) is 3.57. The van der Waals surface area contributed by atoms with Crippen LogP contribution < -0.4 is 10.6 Å². The summed E-state index contributed by atoms with van der Waals surface area (Å²) in [4.78, 5) is 20.1. The Morgan fingerprint density at radius 2 is 1.94 bits per heavy atom. The van der Waals surface area contributed by atoms with Crippen LogP contribution in [-0.2, 0) is 19.4 Å². The van der Waals surface area contributed by atoms with Gasteiger partial charge in [-0.15, -0.1) is 0 Å². The van der Waals surface area contributed by atoms with Crippen LogP contribution in [0.5, 0.6) is 0 Å². The smallest absolute Gasteiger partial charge is 0.251 e. The molecule has 6 heteroatoms. The Hall–Kier alpha value is -3.67. The molecular formula is C25H25FN4O. The van der Waals surface area contributed by atoms with Gasteiger partial charge in [0.25, 0.3) is 5.91 Å². The first-order chi connectivity index (χ1) is 15.1. The molecule has 1 heterocycles. The van der Waals surface area contributed by atoms with E-state index in [0.717, 1.165) is 17.7 Å². The van der Waals surface area contributed by atoms with Crippen LogP contribution in [0.4, 0.5) is 10.1 Å². The van der Waals surface area contributed by atoms with Crippen molar-refractivity contribution in [3.05, 3.63) is 95.1 Å². The maximum Gasteiger partial charge on any atom is 0.251 e. The Balaban J connectivity index is 1.33. The minimum absolute atomic E-state index is 0.127. The number of nitrogens with zero attached hydrogens (tertiary/aromatic N) is 1. The lowest BCUT2D eigenvalue weighted by Gasteiger charge is -2.12. The molecule has 0 radical (unpaired) electrons. The molecule has 0 unspecified atom stereocenters. The second-order valence-corrected chi connectivity index (χ2v) is 7.42. The van der Waals surface area contributed by atoms with E-state index in [1.54, 1.807) is 6.07 Å². The standard InChI is InChI=1S/C25H25FN4O/c1-2-18-7-3-4-9-21(18)28-16-17-6-5-8-19(14-17)25(31)27-13-12-24-29-22-11-10-20(26)15-23(22)30-24/h3-11,14-15,28H,2,12-13,16H2,1H3,(H,27,31)(H,29,30). The van der Waals surface area contributed by atoms with Gasteiger partial charge in [0.1, 0.15) is 11.6 Å². The number of fused-ring (bicyclic) bond motifs is 1. The summed E-state index contributed by atoms with van der Waals surface area (Å²) in [5.74, 6) is 0.287. The summed E-state index contributed by atoms with van der Waals surface area (Å²) >= 11 is 0. The molecule has 0 saturated carbocycles. The van der Waals surface area contributed by atoms with E-state index in [9.17, 15) is 9.18 Å². The molecule has 3 aromatic carbocycles. The summed E-state index contributed by atoms with van der Waals surface area (Å²) in [7, 11) is 0. The van der Waals surface area contributed by atoms with Gasteiger partial charge in [-0.05, 0) is 53.9 Å². The summed E-state index contributed by atoms with van der Waals surface area (Å²) in [6.45, 7) is 3.22. The molecule has 3 N–H and O–H groups in total. The van der Waals surface area contributed by atoms with Gasteiger partial charge >= 0.3 is 0 Å². The number of nitrogens with one attached hydrogen (secondary N) is 3. The van der Waals surface area contributed by atoms with E-state index in [4.69, 9.17) is 0 Å². The highest BCUT2D eigenvalue weighted by molar-refractivity contribution is 5.94. The largest absolute Gasteiger partial charge is 0.381 e. The Morgan fingerprint density at radius 3 is 2.81 bits per heavy atom. The predicted molar refractivity (Wildman–Crippen MR) is 122 cm³/mol. The highest BCUT2D eigenvalue weighted by Crippen LogP contribution is 2.17. The minimum atomic E-state index is -0.302. The third kappa shape index (κ3) is 5.09. The fraction of sp³-hybridized carbons (Fsp3) is 0.200. The molecule has 0 aliphatic heterocycles. The topological polar surface area (TPSA) is 69.8 Å². The van der Waals surface area contributed by atoms with E-state index in [0.29, 0.717) is 41.9 Å². The van der Waals surface area contributed by atoms with Crippen LogP contribution in [0.25, 0.3) is 11.0 Å². The van der Waals surface area contributed by atoms with Crippen LogP contribution in [0.2, 0.25) is 0 Å². The summed E-state index contributed by atoms with van der Waals surface area (Å²) < 4.78 is 13.3. The molecular weight excluding hydrogens is 391 g/mol. The molecule has 1 amide bonds. The third-order valence-electron chi connectivity index (χ3n) is 5.21. The molecule has 0 atom stereocenters. The number of amides is 1. The number of aryl methyl sites for hydroxylation is 1. The molecule has 158 valence electrons. The lowest BCUT2D eigenvalue weighted by Crippen LogP contribution is -2.26. The van der Waals surface area contributed by atoms with Gasteiger partial charge in [-0.3, -0.25) is 4.79 Å². The zero-order valence-electron chi connectivity index (χ0n) is 17.4. The number of rotatable bonds is 8. The number of imidazole rings is 1. The molecule has 0 bridgehead atoms. The number of H-pyrrole nitrogens is 1. The Labute approximate surface area is 180 Å². The number of halogens is 1. The van der Waals surface area contributed by atoms with E-state index in [2.05, 4.69) is 39.7 Å². The van der Waals surface area contributed by atoms with Gasteiger partial charge in [-0.25, -0.2) is 9.37 Å². The summed E-state index contributed by atoms with van der Waals surface area (Å²) in [6, 6.07) is 20.3. The normalized spacial score (nSPS) is 10.9. The molecule has 4 aromatic rings. The monoisotopic (exact) mass is 416 g/mol. The van der Waals surface area contributed by atoms with Crippen molar-refractivity contribution in [2.24, 2.45) is 0 Å². The van der Waals surface area contributed by atoms with Crippen molar-refractivity contribution in [3.63, 3.8) is 0 Å². The minimum Gasteiger partial charge on any atom is -0.381 e. The first-order valence-corrected chi connectivity index (χ1v) is 10.5. The molecule has 0 aliphatic rings. The van der Waals surface area contributed by atoms with Gasteiger partial charge in [-0.1, -0.05) is 37.3 Å². The molecule has 4 rings (SSSR count). The van der Waals surface area contributed by atoms with E-state index in [1.165, 1.54) is 17.7 Å². The van der Waals surface area contributed by atoms with Crippen LogP contribution in [0.15, 0.2) is 66.7 Å². The summed E-state index contributed by atoms with van der Waals surface area (Å²) in [5, 5.41) is 6.39. The summed E-state index contributed by atoms with van der Waals surface area (Å²) in [6.07, 6.45) is 1.50. The first-order valence-electron chi connectivity index (χ1n) is 10.5. The molecule has 1 aromatic heterocycles. The molecule has 0 spiro atoms. The van der Waals surface area contributed by atoms with Crippen molar-refractivity contribution in [3.8, 4) is 0 Å². The maximum absolute atomic E-state index is 13.3. The average Bonchev–Trinajstić information content (AvgIpc) is 3.19. The number of carbonyl (C=O) groups is 1. The number of hydrogen-bond acceptors (Lipinski definition) is 3. The van der Waals surface area contributed by atoms with Crippen LogP contribution in [-0.4, -0.2) is 22.4 Å². The Morgan fingerprint density at radius 1 is 1.06 bits per heavy atom. The number of aromatic nitrogens is 2. The Kier molecular flexibility index (Phi) is 6.26. The number of carbonyl (C=O) groups excluding carboxylic acids is 1. The van der Waals surface area contributed by atoms with Crippen LogP contribution in [0, 0.1) is 5.82 Å². The van der Waals surface area contributed by atoms with Crippen LogP contribution in [0.3, 0.4) is 0 Å². The number of aromatic amines is 1. The number of benzene rings is 3. The van der Waals surface area contributed by atoms with Crippen molar-refractivity contribution in [1.29, 1.82) is 0 Å². The molecule has 0 saturated heterocycles. The van der Waals surface area contributed by atoms with Gasteiger partial charge in [0.2, 0.25) is 0 Å².